The van der Waals surface area contributed by atoms with Gasteiger partial charge in [-0.1, -0.05) is 19.4 Å². The molecule has 0 radical (unpaired) electrons. The summed E-state index contributed by atoms with van der Waals surface area (Å²) in [4.78, 5) is 0. The largest absolute Gasteiger partial charge is 0.464 e. The van der Waals surface area contributed by atoms with Gasteiger partial charge in [0, 0.05) is 5.41 Å². The van der Waals surface area contributed by atoms with Crippen molar-refractivity contribution in [1.29, 1.82) is 0 Å². The van der Waals surface area contributed by atoms with Crippen LogP contribution in [-0.4, -0.2) is 12.4 Å². The van der Waals surface area contributed by atoms with Gasteiger partial charge in [-0.2, -0.15) is 0 Å². The molecule has 0 amide bonds. The van der Waals surface area contributed by atoms with Gasteiger partial charge in [0.15, 0.2) is 0 Å². The summed E-state index contributed by atoms with van der Waals surface area (Å²) in [6, 6.07) is 7.00. The van der Waals surface area contributed by atoms with E-state index in [-0.39, 0.29) is 11.7 Å². The Morgan fingerprint density at radius 3 is 2.33 bits per heavy atom. The Labute approximate surface area is 200 Å². The van der Waals surface area contributed by atoms with E-state index >= 15 is 0 Å². The second kappa shape index (κ2) is 7.25. The lowest BCUT2D eigenvalue weighted by Crippen LogP contribution is -2.55. The van der Waals surface area contributed by atoms with E-state index in [1.807, 2.05) is 0 Å². The van der Waals surface area contributed by atoms with Crippen molar-refractivity contribution in [2.45, 2.75) is 103 Å². The van der Waals surface area contributed by atoms with Crippen LogP contribution in [0.2, 0.25) is 0 Å². The number of hydrogen-bond acceptors (Lipinski definition) is 2. The predicted octanol–water partition coefficient (Wildman–Crippen LogP) is 7.18. The van der Waals surface area contributed by atoms with E-state index in [2.05, 4.69) is 25.1 Å². The van der Waals surface area contributed by atoms with Gasteiger partial charge in [-0.15, -0.1) is 0 Å². The van der Waals surface area contributed by atoms with E-state index in [9.17, 15) is 0 Å². The zero-order valence-corrected chi connectivity index (χ0v) is 20.5. The van der Waals surface area contributed by atoms with Crippen LogP contribution in [0.1, 0.15) is 88.7 Å². The fourth-order valence-electron chi connectivity index (χ4n) is 11.1. The summed E-state index contributed by atoms with van der Waals surface area (Å²) in [5.74, 6) is 8.45. The minimum absolute atomic E-state index is 0.0213. The van der Waals surface area contributed by atoms with Crippen molar-refractivity contribution in [3.63, 3.8) is 0 Å². The van der Waals surface area contributed by atoms with Gasteiger partial charge in [-0.25, -0.2) is 0 Å². The van der Waals surface area contributed by atoms with Crippen LogP contribution < -0.4 is 4.74 Å². The standard InChI is InChI=1S/C31H42O2/c1-18-7-22-5-6-25(12-23(22)8-18)32-30(31-15-19-9-20(16-31)11-21(10-19)17-31)33-29-14-24-13-28(29)27-4-2-3-26(24)27/h5-6,12,18-21,24,26-30H,2-4,7-11,13-17H2,1H3. The molecule has 0 heterocycles. The lowest BCUT2D eigenvalue weighted by Gasteiger charge is -2.58. The Bertz CT molecular complexity index is 900. The SMILES string of the molecule is CC1Cc2ccc(OC(OC3CC4CC3C3CCCC43)C34CC5CC(CC(C5)C3)C4)cc2C1. The number of hydrogen-bond donors (Lipinski definition) is 0. The van der Waals surface area contributed by atoms with Gasteiger partial charge in [0.2, 0.25) is 6.29 Å². The summed E-state index contributed by atoms with van der Waals surface area (Å²) < 4.78 is 14.3. The molecule has 0 aliphatic heterocycles. The van der Waals surface area contributed by atoms with Gasteiger partial charge in [-0.3, -0.25) is 0 Å². The molecular weight excluding hydrogens is 404 g/mol. The van der Waals surface area contributed by atoms with Gasteiger partial charge in [0.05, 0.1) is 6.10 Å². The molecule has 0 spiro atoms. The van der Waals surface area contributed by atoms with E-state index in [1.165, 1.54) is 89.0 Å². The molecular formula is C31H42O2. The molecule has 0 aromatic heterocycles. The average molecular weight is 447 g/mol. The van der Waals surface area contributed by atoms with Crippen LogP contribution in [0, 0.1) is 52.8 Å². The molecule has 7 fully saturated rings. The molecule has 8 aliphatic carbocycles. The van der Waals surface area contributed by atoms with E-state index in [0.717, 1.165) is 53.1 Å². The van der Waals surface area contributed by atoms with Crippen LogP contribution in [0.3, 0.4) is 0 Å². The molecule has 9 rings (SSSR count). The third kappa shape index (κ3) is 3.14. The molecule has 8 aliphatic rings. The lowest BCUT2D eigenvalue weighted by atomic mass is 9.49. The van der Waals surface area contributed by atoms with Crippen LogP contribution in [0.4, 0.5) is 0 Å². The second-order valence-electron chi connectivity index (χ2n) is 14.0. The highest BCUT2D eigenvalue weighted by atomic mass is 16.7. The molecule has 7 saturated carbocycles. The molecule has 7 unspecified atom stereocenters. The highest BCUT2D eigenvalue weighted by Gasteiger charge is 2.59. The Morgan fingerprint density at radius 1 is 0.818 bits per heavy atom. The topological polar surface area (TPSA) is 18.5 Å². The summed E-state index contributed by atoms with van der Waals surface area (Å²) in [7, 11) is 0. The maximum Gasteiger partial charge on any atom is 0.205 e. The van der Waals surface area contributed by atoms with Crippen LogP contribution in [0.25, 0.3) is 0 Å². The van der Waals surface area contributed by atoms with Gasteiger partial charge < -0.3 is 9.47 Å². The average Bonchev–Trinajstić information content (AvgIpc) is 3.53. The van der Waals surface area contributed by atoms with Crippen molar-refractivity contribution >= 4 is 0 Å². The van der Waals surface area contributed by atoms with E-state index in [0.29, 0.717) is 6.10 Å². The normalized spacial score (nSPS) is 49.4. The summed E-state index contributed by atoms with van der Waals surface area (Å²) in [6.45, 7) is 2.38. The highest BCUT2D eigenvalue weighted by Crippen LogP contribution is 2.64. The molecule has 1 aromatic carbocycles. The quantitative estimate of drug-likeness (QED) is 0.446. The van der Waals surface area contributed by atoms with E-state index < -0.39 is 0 Å². The number of rotatable bonds is 5. The van der Waals surface area contributed by atoms with Crippen molar-refractivity contribution in [3.05, 3.63) is 29.3 Å². The first-order chi connectivity index (χ1) is 16.1. The van der Waals surface area contributed by atoms with Crippen molar-refractivity contribution in [1.82, 2.24) is 0 Å². The molecule has 2 heteroatoms. The molecule has 1 aromatic rings. The van der Waals surface area contributed by atoms with Crippen LogP contribution >= 0.6 is 0 Å². The van der Waals surface area contributed by atoms with Crippen molar-refractivity contribution in [2.24, 2.45) is 52.8 Å². The minimum Gasteiger partial charge on any atom is -0.464 e. The monoisotopic (exact) mass is 446 g/mol. The fourth-order valence-corrected chi connectivity index (χ4v) is 11.1. The molecule has 178 valence electrons. The third-order valence-corrected chi connectivity index (χ3v) is 11.8. The zero-order chi connectivity index (χ0) is 21.7. The zero-order valence-electron chi connectivity index (χ0n) is 20.5. The van der Waals surface area contributed by atoms with Crippen LogP contribution in [0.15, 0.2) is 18.2 Å². The highest BCUT2D eigenvalue weighted by molar-refractivity contribution is 5.39. The molecule has 2 nitrogen and oxygen atoms in total. The van der Waals surface area contributed by atoms with Gasteiger partial charge in [0.25, 0.3) is 0 Å². The summed E-state index contributed by atoms with van der Waals surface area (Å²) in [5.41, 5.74) is 3.35. The molecule has 0 saturated heterocycles. The number of ether oxygens (including phenoxy) is 2. The second-order valence-corrected chi connectivity index (χ2v) is 14.0. The fraction of sp³-hybridized carbons (Fsp3) is 0.806. The lowest BCUT2D eigenvalue weighted by molar-refractivity contribution is -0.241. The van der Waals surface area contributed by atoms with Crippen molar-refractivity contribution in [2.75, 3.05) is 0 Å². The number of fused-ring (bicyclic) bond motifs is 6. The van der Waals surface area contributed by atoms with Gasteiger partial charge in [-0.05, 0) is 148 Å². The maximum absolute atomic E-state index is 7.26. The Kier molecular flexibility index (Phi) is 4.44. The Balaban J connectivity index is 1.10. The molecule has 0 N–H and O–H groups in total. The summed E-state index contributed by atoms with van der Waals surface area (Å²) >= 11 is 0. The smallest absolute Gasteiger partial charge is 0.205 e. The van der Waals surface area contributed by atoms with Crippen molar-refractivity contribution < 1.29 is 9.47 Å². The van der Waals surface area contributed by atoms with Gasteiger partial charge in [0.1, 0.15) is 5.75 Å². The molecule has 6 bridgehead atoms. The van der Waals surface area contributed by atoms with E-state index in [4.69, 9.17) is 9.47 Å². The first-order valence-corrected chi connectivity index (χ1v) is 14.6. The molecule has 33 heavy (non-hydrogen) atoms. The van der Waals surface area contributed by atoms with Crippen molar-refractivity contribution in [3.8, 4) is 5.75 Å². The van der Waals surface area contributed by atoms with E-state index in [1.54, 1.807) is 5.56 Å². The molecule has 7 atom stereocenters. The summed E-state index contributed by atoms with van der Waals surface area (Å²) in [6.07, 6.45) is 18.6. The predicted molar refractivity (Wildman–Crippen MR) is 130 cm³/mol. The number of benzene rings is 1. The van der Waals surface area contributed by atoms with Crippen LogP contribution in [0.5, 0.6) is 5.75 Å². The minimum atomic E-state index is -0.0213. The third-order valence-electron chi connectivity index (χ3n) is 11.8. The summed E-state index contributed by atoms with van der Waals surface area (Å²) in [5, 5.41) is 0. The Morgan fingerprint density at radius 2 is 1.55 bits per heavy atom. The maximum atomic E-state index is 7.26. The first-order valence-electron chi connectivity index (χ1n) is 14.6. The first kappa shape index (κ1) is 20.2. The Hall–Kier alpha value is -1.02. The van der Waals surface area contributed by atoms with Crippen LogP contribution in [-0.2, 0) is 17.6 Å². The van der Waals surface area contributed by atoms with Gasteiger partial charge >= 0.3 is 0 Å².